The molecule has 0 spiro atoms. The van der Waals surface area contributed by atoms with Crippen LogP contribution in [-0.4, -0.2) is 26.0 Å². The van der Waals surface area contributed by atoms with Crippen molar-refractivity contribution in [1.29, 1.82) is 0 Å². The zero-order chi connectivity index (χ0) is 19.6. The highest BCUT2D eigenvalue weighted by Crippen LogP contribution is 2.48. The highest BCUT2D eigenvalue weighted by atomic mass is 16.5. The maximum atomic E-state index is 12.9. The molecule has 1 fully saturated rings. The fourth-order valence-electron chi connectivity index (χ4n) is 2.96. The van der Waals surface area contributed by atoms with Gasteiger partial charge >= 0.3 is 0 Å². The second-order valence-electron chi connectivity index (χ2n) is 6.80. The zero-order valence-electron chi connectivity index (χ0n) is 16.0. The van der Waals surface area contributed by atoms with Crippen molar-refractivity contribution < 1.29 is 19.1 Å². The summed E-state index contributed by atoms with van der Waals surface area (Å²) >= 11 is 0. The summed E-state index contributed by atoms with van der Waals surface area (Å²) in [5, 5.41) is 5.74. The van der Waals surface area contributed by atoms with E-state index in [9.17, 15) is 9.59 Å². The Morgan fingerprint density at radius 1 is 0.926 bits per heavy atom. The summed E-state index contributed by atoms with van der Waals surface area (Å²) in [5.74, 6) is 0.484. The Morgan fingerprint density at radius 2 is 1.59 bits per heavy atom. The molecule has 1 saturated carbocycles. The average molecular weight is 368 g/mol. The number of methoxy groups -OCH3 is 2. The number of aryl methyl sites for hydroxylation is 1. The summed E-state index contributed by atoms with van der Waals surface area (Å²) in [4.78, 5) is 25.7. The number of carbonyl (C=O) groups is 2. The van der Waals surface area contributed by atoms with Crippen LogP contribution < -0.4 is 20.1 Å². The fourth-order valence-corrected chi connectivity index (χ4v) is 2.96. The number of hydrogen-bond donors (Lipinski definition) is 2. The van der Waals surface area contributed by atoms with Crippen LogP contribution in [0, 0.1) is 19.3 Å². The number of hydrogen-bond acceptors (Lipinski definition) is 4. The molecule has 6 nitrogen and oxygen atoms in total. The van der Waals surface area contributed by atoms with Gasteiger partial charge < -0.3 is 20.1 Å². The van der Waals surface area contributed by atoms with Gasteiger partial charge in [0.05, 0.1) is 19.9 Å². The molecule has 0 heterocycles. The molecule has 2 aromatic rings. The molecule has 0 aliphatic heterocycles. The van der Waals surface area contributed by atoms with Gasteiger partial charge in [-0.15, -0.1) is 0 Å². The first kappa shape index (κ1) is 18.8. The summed E-state index contributed by atoms with van der Waals surface area (Å²) < 4.78 is 10.5. The zero-order valence-corrected chi connectivity index (χ0v) is 16.0. The summed E-state index contributed by atoms with van der Waals surface area (Å²) in [6.07, 6.45) is 1.03. The van der Waals surface area contributed by atoms with Gasteiger partial charge in [-0.25, -0.2) is 0 Å². The molecule has 2 amide bonds. The molecule has 0 saturated heterocycles. The number of ether oxygens (including phenoxy) is 2. The van der Waals surface area contributed by atoms with E-state index in [1.54, 1.807) is 25.3 Å². The Hall–Kier alpha value is -3.02. The van der Waals surface area contributed by atoms with E-state index in [0.717, 1.165) is 16.8 Å². The number of benzene rings is 2. The Labute approximate surface area is 158 Å². The van der Waals surface area contributed by atoms with Crippen molar-refractivity contribution in [3.63, 3.8) is 0 Å². The van der Waals surface area contributed by atoms with Crippen molar-refractivity contribution in [3.05, 3.63) is 47.5 Å². The molecule has 1 aliphatic rings. The van der Waals surface area contributed by atoms with Gasteiger partial charge in [-0.2, -0.15) is 0 Å². The molecule has 0 unspecified atom stereocenters. The minimum atomic E-state index is -1.05. The third-order valence-electron chi connectivity index (χ3n) is 5.13. The molecule has 0 atom stereocenters. The first-order chi connectivity index (χ1) is 12.9. The molecule has 2 aromatic carbocycles. The second kappa shape index (κ2) is 7.31. The van der Waals surface area contributed by atoms with E-state index in [-0.39, 0.29) is 11.8 Å². The largest absolute Gasteiger partial charge is 0.497 e. The molecule has 0 bridgehead atoms. The summed E-state index contributed by atoms with van der Waals surface area (Å²) in [6, 6.07) is 10.9. The predicted molar refractivity (Wildman–Crippen MR) is 104 cm³/mol. The average Bonchev–Trinajstić information content (AvgIpc) is 3.47. The fraction of sp³-hybridized carbons (Fsp3) is 0.333. The second-order valence-corrected chi connectivity index (χ2v) is 6.80. The highest BCUT2D eigenvalue weighted by molar-refractivity contribution is 6.17. The monoisotopic (exact) mass is 368 g/mol. The lowest BCUT2D eigenvalue weighted by Crippen LogP contribution is -2.36. The van der Waals surface area contributed by atoms with Crippen LogP contribution >= 0.6 is 0 Å². The third kappa shape index (κ3) is 3.60. The SMILES string of the molecule is COc1ccc(OC)c(NC(=O)C2(C(=O)Nc3cccc(C)c3C)CC2)c1. The molecular formula is C21H24N2O4. The molecule has 1 aliphatic carbocycles. The summed E-state index contributed by atoms with van der Waals surface area (Å²) in [6.45, 7) is 3.94. The Kier molecular flexibility index (Phi) is 5.08. The number of carbonyl (C=O) groups excluding carboxylic acids is 2. The van der Waals surface area contributed by atoms with Crippen LogP contribution in [-0.2, 0) is 9.59 Å². The molecule has 3 rings (SSSR count). The van der Waals surface area contributed by atoms with Crippen LogP contribution in [0.15, 0.2) is 36.4 Å². The Balaban J connectivity index is 1.78. The lowest BCUT2D eigenvalue weighted by atomic mass is 10.0. The van der Waals surface area contributed by atoms with Crippen LogP contribution in [0.25, 0.3) is 0 Å². The van der Waals surface area contributed by atoms with Gasteiger partial charge in [-0.1, -0.05) is 12.1 Å². The van der Waals surface area contributed by atoms with Gasteiger partial charge in [0.2, 0.25) is 11.8 Å². The van der Waals surface area contributed by atoms with Crippen molar-refractivity contribution in [2.45, 2.75) is 26.7 Å². The van der Waals surface area contributed by atoms with Crippen molar-refractivity contribution in [3.8, 4) is 11.5 Å². The van der Waals surface area contributed by atoms with Crippen molar-refractivity contribution >= 4 is 23.2 Å². The smallest absolute Gasteiger partial charge is 0.240 e. The van der Waals surface area contributed by atoms with Crippen molar-refractivity contribution in [1.82, 2.24) is 0 Å². The minimum Gasteiger partial charge on any atom is -0.497 e. The topological polar surface area (TPSA) is 76.7 Å². The quantitative estimate of drug-likeness (QED) is 0.763. The van der Waals surface area contributed by atoms with Gasteiger partial charge in [0, 0.05) is 11.8 Å². The Bertz CT molecular complexity index is 888. The van der Waals surface area contributed by atoms with Crippen LogP contribution in [0.2, 0.25) is 0 Å². The van der Waals surface area contributed by atoms with Crippen LogP contribution in [0.5, 0.6) is 11.5 Å². The van der Waals surface area contributed by atoms with E-state index < -0.39 is 5.41 Å². The first-order valence-electron chi connectivity index (χ1n) is 8.82. The van der Waals surface area contributed by atoms with Crippen LogP contribution in [0.1, 0.15) is 24.0 Å². The maximum absolute atomic E-state index is 12.9. The molecule has 27 heavy (non-hydrogen) atoms. The van der Waals surface area contributed by atoms with E-state index in [1.807, 2.05) is 32.0 Å². The highest BCUT2D eigenvalue weighted by Gasteiger charge is 2.56. The number of nitrogens with one attached hydrogen (secondary N) is 2. The standard InChI is InChI=1S/C21H24N2O4/c1-13-6-5-7-16(14(13)2)22-19(24)21(10-11-21)20(25)23-17-12-15(26-3)8-9-18(17)27-4/h5-9,12H,10-11H2,1-4H3,(H,22,24)(H,23,25). The predicted octanol–water partition coefficient (Wildman–Crippen LogP) is 3.68. The normalized spacial score (nSPS) is 14.2. The molecule has 6 heteroatoms. The maximum Gasteiger partial charge on any atom is 0.240 e. The lowest BCUT2D eigenvalue weighted by molar-refractivity contribution is -0.131. The van der Waals surface area contributed by atoms with E-state index in [0.29, 0.717) is 30.0 Å². The van der Waals surface area contributed by atoms with E-state index in [2.05, 4.69) is 10.6 Å². The summed E-state index contributed by atoms with van der Waals surface area (Å²) in [5.41, 5.74) is 2.25. The van der Waals surface area contributed by atoms with Gasteiger partial charge in [-0.05, 0) is 56.0 Å². The van der Waals surface area contributed by atoms with E-state index in [4.69, 9.17) is 9.47 Å². The Morgan fingerprint density at radius 3 is 2.19 bits per heavy atom. The van der Waals surface area contributed by atoms with Gasteiger partial charge in [0.1, 0.15) is 16.9 Å². The number of rotatable bonds is 6. The molecule has 142 valence electrons. The minimum absolute atomic E-state index is 0.282. The first-order valence-corrected chi connectivity index (χ1v) is 8.82. The molecule has 2 N–H and O–H groups in total. The van der Waals surface area contributed by atoms with Crippen molar-refractivity contribution in [2.24, 2.45) is 5.41 Å². The van der Waals surface area contributed by atoms with Crippen LogP contribution in [0.4, 0.5) is 11.4 Å². The van der Waals surface area contributed by atoms with E-state index >= 15 is 0 Å². The van der Waals surface area contributed by atoms with Gasteiger partial charge in [0.15, 0.2) is 0 Å². The van der Waals surface area contributed by atoms with E-state index in [1.165, 1.54) is 7.11 Å². The van der Waals surface area contributed by atoms with Crippen LogP contribution in [0.3, 0.4) is 0 Å². The third-order valence-corrected chi connectivity index (χ3v) is 5.13. The van der Waals surface area contributed by atoms with Crippen molar-refractivity contribution in [2.75, 3.05) is 24.9 Å². The van der Waals surface area contributed by atoms with Gasteiger partial charge in [0.25, 0.3) is 0 Å². The number of amides is 2. The van der Waals surface area contributed by atoms with Gasteiger partial charge in [-0.3, -0.25) is 9.59 Å². The molecule has 0 aromatic heterocycles. The lowest BCUT2D eigenvalue weighted by Gasteiger charge is -2.18. The number of anilines is 2. The molecule has 0 radical (unpaired) electrons. The molecular weight excluding hydrogens is 344 g/mol. The summed E-state index contributed by atoms with van der Waals surface area (Å²) in [7, 11) is 3.07.